The van der Waals surface area contributed by atoms with Crippen LogP contribution in [-0.2, 0) is 10.2 Å². The van der Waals surface area contributed by atoms with E-state index in [1.165, 1.54) is 5.56 Å². The van der Waals surface area contributed by atoms with Gasteiger partial charge >= 0.3 is 0 Å². The lowest BCUT2D eigenvalue weighted by Gasteiger charge is -2.33. The van der Waals surface area contributed by atoms with Crippen molar-refractivity contribution in [3.8, 4) is 0 Å². The zero-order valence-corrected chi connectivity index (χ0v) is 14.2. The number of amides is 1. The third-order valence-corrected chi connectivity index (χ3v) is 4.48. The van der Waals surface area contributed by atoms with Crippen molar-refractivity contribution in [3.05, 3.63) is 35.4 Å². The third-order valence-electron chi connectivity index (χ3n) is 4.48. The van der Waals surface area contributed by atoms with Gasteiger partial charge in [0.1, 0.15) is 0 Å². The smallest absolute Gasteiger partial charge is 0.230 e. The highest BCUT2D eigenvalue weighted by Gasteiger charge is 2.32. The zero-order chi connectivity index (χ0) is 14.8. The molecule has 2 N–H and O–H groups in total. The monoisotopic (exact) mass is 310 g/mol. The van der Waals surface area contributed by atoms with Gasteiger partial charge in [-0.1, -0.05) is 36.8 Å². The Balaban J connectivity index is 0.00000220. The van der Waals surface area contributed by atoms with Gasteiger partial charge in [0.25, 0.3) is 0 Å². The number of piperidine rings is 1. The Hall–Kier alpha value is -1.06. The summed E-state index contributed by atoms with van der Waals surface area (Å²) in [7, 11) is 0. The van der Waals surface area contributed by atoms with Crippen LogP contribution in [0.1, 0.15) is 38.3 Å². The molecule has 1 aromatic carbocycles. The summed E-state index contributed by atoms with van der Waals surface area (Å²) < 4.78 is 0. The standard InChI is InChI=1S/C17H26N2O.ClH/c1-12-5-7-14(8-6-12)17(3,4)16(20)19-15-11-18-10-9-13(15)2;/h5-8,13,15,18H,9-11H2,1-4H3,(H,19,20);1H. The minimum Gasteiger partial charge on any atom is -0.351 e. The molecule has 1 aliphatic heterocycles. The average Bonchev–Trinajstić information content (AvgIpc) is 2.41. The van der Waals surface area contributed by atoms with Gasteiger partial charge in [0.15, 0.2) is 0 Å². The van der Waals surface area contributed by atoms with Crippen LogP contribution >= 0.6 is 12.4 Å². The van der Waals surface area contributed by atoms with Gasteiger partial charge in [0.2, 0.25) is 5.91 Å². The maximum atomic E-state index is 12.6. The van der Waals surface area contributed by atoms with Crippen LogP contribution in [0.5, 0.6) is 0 Å². The number of halogens is 1. The highest BCUT2D eigenvalue weighted by Crippen LogP contribution is 2.24. The van der Waals surface area contributed by atoms with E-state index >= 15 is 0 Å². The van der Waals surface area contributed by atoms with E-state index in [1.54, 1.807) is 0 Å². The highest BCUT2D eigenvalue weighted by molar-refractivity contribution is 5.87. The van der Waals surface area contributed by atoms with Crippen molar-refractivity contribution < 1.29 is 4.79 Å². The van der Waals surface area contributed by atoms with Crippen molar-refractivity contribution in [1.29, 1.82) is 0 Å². The van der Waals surface area contributed by atoms with Crippen LogP contribution in [0.3, 0.4) is 0 Å². The summed E-state index contributed by atoms with van der Waals surface area (Å²) >= 11 is 0. The van der Waals surface area contributed by atoms with Gasteiger partial charge in [-0.05, 0) is 45.2 Å². The quantitative estimate of drug-likeness (QED) is 0.901. The van der Waals surface area contributed by atoms with Crippen LogP contribution in [0.2, 0.25) is 0 Å². The maximum Gasteiger partial charge on any atom is 0.230 e. The number of hydrogen-bond donors (Lipinski definition) is 2. The van der Waals surface area contributed by atoms with E-state index in [0.29, 0.717) is 5.92 Å². The van der Waals surface area contributed by atoms with E-state index in [-0.39, 0.29) is 24.4 Å². The average molecular weight is 311 g/mol. The van der Waals surface area contributed by atoms with Gasteiger partial charge in [0.05, 0.1) is 5.41 Å². The maximum absolute atomic E-state index is 12.6. The lowest BCUT2D eigenvalue weighted by atomic mass is 9.82. The lowest BCUT2D eigenvalue weighted by Crippen LogP contribution is -2.54. The van der Waals surface area contributed by atoms with Crippen molar-refractivity contribution in [2.45, 2.75) is 45.6 Å². The van der Waals surface area contributed by atoms with Crippen LogP contribution in [-0.4, -0.2) is 25.0 Å². The summed E-state index contributed by atoms with van der Waals surface area (Å²) in [5.74, 6) is 0.649. The van der Waals surface area contributed by atoms with Gasteiger partial charge in [-0.25, -0.2) is 0 Å². The fourth-order valence-electron chi connectivity index (χ4n) is 2.63. The number of carbonyl (C=O) groups is 1. The van der Waals surface area contributed by atoms with Gasteiger partial charge < -0.3 is 10.6 Å². The molecule has 2 rings (SSSR count). The third kappa shape index (κ3) is 4.21. The molecule has 4 heteroatoms. The molecule has 0 aliphatic carbocycles. The highest BCUT2D eigenvalue weighted by atomic mass is 35.5. The molecule has 0 radical (unpaired) electrons. The predicted molar refractivity (Wildman–Crippen MR) is 90.0 cm³/mol. The van der Waals surface area contributed by atoms with Crippen LogP contribution in [0.15, 0.2) is 24.3 Å². The second kappa shape index (κ2) is 7.28. The van der Waals surface area contributed by atoms with Crippen LogP contribution in [0.25, 0.3) is 0 Å². The molecular formula is C17H27ClN2O. The fourth-order valence-corrected chi connectivity index (χ4v) is 2.63. The minimum atomic E-state index is -0.495. The molecular weight excluding hydrogens is 284 g/mol. The van der Waals surface area contributed by atoms with Crippen LogP contribution < -0.4 is 10.6 Å². The molecule has 118 valence electrons. The van der Waals surface area contributed by atoms with Gasteiger partial charge in [-0.2, -0.15) is 0 Å². The largest absolute Gasteiger partial charge is 0.351 e. The summed E-state index contributed by atoms with van der Waals surface area (Å²) in [4.78, 5) is 12.6. The summed E-state index contributed by atoms with van der Waals surface area (Å²) in [6, 6.07) is 8.47. The number of nitrogens with one attached hydrogen (secondary N) is 2. The second-order valence-electron chi connectivity index (χ2n) is 6.54. The Morgan fingerprint density at radius 3 is 2.48 bits per heavy atom. The van der Waals surface area contributed by atoms with Crippen molar-refractivity contribution in [1.82, 2.24) is 10.6 Å². The molecule has 2 unspecified atom stereocenters. The van der Waals surface area contributed by atoms with Crippen molar-refractivity contribution >= 4 is 18.3 Å². The normalized spacial score (nSPS) is 22.3. The van der Waals surface area contributed by atoms with Crippen molar-refractivity contribution in [2.75, 3.05) is 13.1 Å². The first-order chi connectivity index (χ1) is 9.41. The van der Waals surface area contributed by atoms with Crippen LogP contribution in [0.4, 0.5) is 0 Å². The minimum absolute atomic E-state index is 0. The number of rotatable bonds is 3. The van der Waals surface area contributed by atoms with E-state index in [4.69, 9.17) is 0 Å². The molecule has 0 bridgehead atoms. The first kappa shape index (κ1) is 18.0. The fraction of sp³-hybridized carbons (Fsp3) is 0.588. The Morgan fingerprint density at radius 2 is 1.90 bits per heavy atom. The molecule has 1 fully saturated rings. The SMILES string of the molecule is Cc1ccc(C(C)(C)C(=O)NC2CNCCC2C)cc1.Cl. The number of carbonyl (C=O) groups excluding carboxylic acids is 1. The number of aryl methyl sites for hydroxylation is 1. The molecule has 1 amide bonds. The molecule has 0 spiro atoms. The van der Waals surface area contributed by atoms with Gasteiger partial charge in [-0.3, -0.25) is 4.79 Å². The van der Waals surface area contributed by atoms with Gasteiger partial charge in [0, 0.05) is 12.6 Å². The Labute approximate surface area is 134 Å². The van der Waals surface area contributed by atoms with Gasteiger partial charge in [-0.15, -0.1) is 12.4 Å². The Morgan fingerprint density at radius 1 is 1.29 bits per heavy atom. The van der Waals surface area contributed by atoms with Crippen molar-refractivity contribution in [2.24, 2.45) is 5.92 Å². The number of hydrogen-bond acceptors (Lipinski definition) is 2. The predicted octanol–water partition coefficient (Wildman–Crippen LogP) is 2.81. The molecule has 1 aliphatic rings. The summed E-state index contributed by atoms with van der Waals surface area (Å²) in [6.07, 6.45) is 1.12. The first-order valence-electron chi connectivity index (χ1n) is 7.50. The van der Waals surface area contributed by atoms with Crippen molar-refractivity contribution in [3.63, 3.8) is 0 Å². The topological polar surface area (TPSA) is 41.1 Å². The second-order valence-corrected chi connectivity index (χ2v) is 6.54. The van der Waals surface area contributed by atoms with E-state index in [0.717, 1.165) is 25.1 Å². The lowest BCUT2D eigenvalue weighted by molar-refractivity contribution is -0.126. The molecule has 1 aromatic rings. The molecule has 1 heterocycles. The van der Waals surface area contributed by atoms with E-state index in [9.17, 15) is 4.79 Å². The molecule has 21 heavy (non-hydrogen) atoms. The molecule has 2 atom stereocenters. The first-order valence-corrected chi connectivity index (χ1v) is 7.50. The Kier molecular flexibility index (Phi) is 6.24. The Bertz CT molecular complexity index is 470. The summed E-state index contributed by atoms with van der Waals surface area (Å²) in [5, 5.41) is 6.58. The summed E-state index contributed by atoms with van der Waals surface area (Å²) in [5.41, 5.74) is 1.79. The van der Waals surface area contributed by atoms with E-state index in [2.05, 4.69) is 48.7 Å². The number of benzene rings is 1. The van der Waals surface area contributed by atoms with E-state index in [1.807, 2.05) is 13.8 Å². The van der Waals surface area contributed by atoms with Crippen LogP contribution in [0, 0.1) is 12.8 Å². The van der Waals surface area contributed by atoms with E-state index < -0.39 is 5.41 Å². The zero-order valence-electron chi connectivity index (χ0n) is 13.4. The molecule has 1 saturated heterocycles. The molecule has 0 aromatic heterocycles. The summed E-state index contributed by atoms with van der Waals surface area (Å²) in [6.45, 7) is 10.2. The molecule has 3 nitrogen and oxygen atoms in total. The molecule has 0 saturated carbocycles.